The number of aryl methyl sites for hydroxylation is 1. The third-order valence-corrected chi connectivity index (χ3v) is 5.88. The van der Waals surface area contributed by atoms with Crippen LogP contribution in [0.5, 0.6) is 0 Å². The van der Waals surface area contributed by atoms with Gasteiger partial charge in [-0.05, 0) is 47.7 Å². The molecule has 31 heavy (non-hydrogen) atoms. The molecular weight excluding hydrogens is 390 g/mol. The third kappa shape index (κ3) is 4.70. The van der Waals surface area contributed by atoms with Crippen molar-refractivity contribution in [3.05, 3.63) is 87.7 Å². The van der Waals surface area contributed by atoms with Crippen LogP contribution in [0.1, 0.15) is 34.8 Å². The fourth-order valence-electron chi connectivity index (χ4n) is 4.13. The van der Waals surface area contributed by atoms with Crippen LogP contribution in [0, 0.1) is 0 Å². The minimum atomic E-state index is -1.21. The Morgan fingerprint density at radius 3 is 2.58 bits per heavy atom. The lowest BCUT2D eigenvalue weighted by molar-refractivity contribution is 0.0695. The van der Waals surface area contributed by atoms with Gasteiger partial charge in [-0.15, -0.1) is 0 Å². The summed E-state index contributed by atoms with van der Waals surface area (Å²) in [6.07, 6.45) is 1.73. The van der Waals surface area contributed by atoms with Crippen molar-refractivity contribution in [3.63, 3.8) is 0 Å². The minimum Gasteiger partial charge on any atom is -0.477 e. The van der Waals surface area contributed by atoms with Crippen molar-refractivity contribution >= 4 is 11.7 Å². The molecule has 6 nitrogen and oxygen atoms in total. The molecule has 4 rings (SSSR count). The second-order valence-corrected chi connectivity index (χ2v) is 7.92. The summed E-state index contributed by atoms with van der Waals surface area (Å²) >= 11 is 0. The van der Waals surface area contributed by atoms with Gasteiger partial charge in [0.1, 0.15) is 5.56 Å². The molecule has 0 bridgehead atoms. The molecule has 1 aliphatic rings. The van der Waals surface area contributed by atoms with E-state index in [1.807, 2.05) is 25.1 Å². The van der Waals surface area contributed by atoms with E-state index in [1.165, 1.54) is 11.6 Å². The highest BCUT2D eigenvalue weighted by Crippen LogP contribution is 2.26. The molecule has 1 aromatic heterocycles. The number of aromatic nitrogens is 1. The lowest BCUT2D eigenvalue weighted by Crippen LogP contribution is -2.32. The highest BCUT2D eigenvalue weighted by atomic mass is 16.4. The highest BCUT2D eigenvalue weighted by Gasteiger charge is 2.22. The lowest BCUT2D eigenvalue weighted by Gasteiger charge is -2.20. The summed E-state index contributed by atoms with van der Waals surface area (Å²) in [6, 6.07) is 20.5. The fraction of sp³-hybridized carbons (Fsp3) is 0.280. The maximum atomic E-state index is 12.1. The summed E-state index contributed by atoms with van der Waals surface area (Å²) in [7, 11) is 0. The van der Waals surface area contributed by atoms with Gasteiger partial charge in [0.15, 0.2) is 0 Å². The molecule has 6 heteroatoms. The number of carboxylic acids is 1. The Kier molecular flexibility index (Phi) is 6.18. The van der Waals surface area contributed by atoms with E-state index in [4.69, 9.17) is 0 Å². The molecule has 0 amide bonds. The van der Waals surface area contributed by atoms with Gasteiger partial charge in [-0.3, -0.25) is 4.79 Å². The first-order valence-corrected chi connectivity index (χ1v) is 10.7. The van der Waals surface area contributed by atoms with Crippen molar-refractivity contribution in [3.8, 4) is 11.3 Å². The third-order valence-electron chi connectivity index (χ3n) is 5.88. The van der Waals surface area contributed by atoms with Crippen LogP contribution in [0.2, 0.25) is 0 Å². The zero-order valence-corrected chi connectivity index (χ0v) is 17.6. The van der Waals surface area contributed by atoms with Crippen LogP contribution in [0.15, 0.2) is 65.5 Å². The first-order valence-electron chi connectivity index (χ1n) is 10.7. The molecule has 1 aliphatic heterocycles. The van der Waals surface area contributed by atoms with Gasteiger partial charge in [0.05, 0.1) is 5.69 Å². The molecule has 3 N–H and O–H groups in total. The summed E-state index contributed by atoms with van der Waals surface area (Å²) < 4.78 is 0. The van der Waals surface area contributed by atoms with Crippen molar-refractivity contribution in [2.75, 3.05) is 18.0 Å². The molecule has 1 atom stereocenters. The summed E-state index contributed by atoms with van der Waals surface area (Å²) in [5, 5.41) is 12.8. The molecule has 1 fully saturated rings. The van der Waals surface area contributed by atoms with Crippen LogP contribution in [0.4, 0.5) is 5.69 Å². The number of hydrogen-bond donors (Lipinski definition) is 3. The normalized spacial score (nSPS) is 15.9. The number of anilines is 1. The maximum absolute atomic E-state index is 12.1. The Bertz CT molecular complexity index is 1110. The van der Waals surface area contributed by atoms with Gasteiger partial charge in [0.25, 0.3) is 5.56 Å². The Labute approximate surface area is 181 Å². The number of benzene rings is 2. The molecule has 0 saturated carbocycles. The van der Waals surface area contributed by atoms with Crippen LogP contribution in [0.3, 0.4) is 0 Å². The largest absolute Gasteiger partial charge is 0.477 e. The molecule has 2 aromatic carbocycles. The Morgan fingerprint density at radius 2 is 1.90 bits per heavy atom. The van der Waals surface area contributed by atoms with E-state index in [0.717, 1.165) is 42.9 Å². The molecule has 0 spiro atoms. The molecule has 0 aliphatic carbocycles. The standard InChI is InChI=1S/C25H27N3O3/c1-2-18-14-22(25(30)31)24(29)27-23(18)19-8-10-21(11-9-19)28-13-12-20(16-28)26-15-17-6-4-3-5-7-17/h3-11,14,20,26H,2,12-13,15-16H2,1H3,(H,27,29)(H,30,31). The smallest absolute Gasteiger partial charge is 0.341 e. The van der Waals surface area contributed by atoms with Gasteiger partial charge in [-0.25, -0.2) is 4.79 Å². The maximum Gasteiger partial charge on any atom is 0.341 e. The predicted molar refractivity (Wildman–Crippen MR) is 123 cm³/mol. The average Bonchev–Trinajstić information content (AvgIpc) is 3.27. The molecule has 1 unspecified atom stereocenters. The van der Waals surface area contributed by atoms with Gasteiger partial charge in [0.2, 0.25) is 0 Å². The Balaban J connectivity index is 1.45. The second kappa shape index (κ2) is 9.18. The van der Waals surface area contributed by atoms with Crippen LogP contribution in [-0.2, 0) is 13.0 Å². The number of aromatic amines is 1. The van der Waals surface area contributed by atoms with Crippen molar-refractivity contribution in [2.45, 2.75) is 32.4 Å². The molecule has 3 aromatic rings. The van der Waals surface area contributed by atoms with Crippen molar-refractivity contribution < 1.29 is 9.90 Å². The van der Waals surface area contributed by atoms with E-state index in [-0.39, 0.29) is 5.56 Å². The van der Waals surface area contributed by atoms with Gasteiger partial charge in [-0.1, -0.05) is 49.4 Å². The number of nitrogens with zero attached hydrogens (tertiary/aromatic N) is 1. The number of carboxylic acid groups (broad SMARTS) is 1. The van der Waals surface area contributed by atoms with Crippen LogP contribution in [-0.4, -0.2) is 35.2 Å². The Morgan fingerprint density at radius 1 is 1.16 bits per heavy atom. The van der Waals surface area contributed by atoms with E-state index >= 15 is 0 Å². The topological polar surface area (TPSA) is 85.4 Å². The zero-order chi connectivity index (χ0) is 21.8. The minimum absolute atomic E-state index is 0.219. The van der Waals surface area contributed by atoms with Crippen LogP contribution in [0.25, 0.3) is 11.3 Å². The first kappa shape index (κ1) is 20.9. The molecule has 2 heterocycles. The quantitative estimate of drug-likeness (QED) is 0.546. The van der Waals surface area contributed by atoms with E-state index in [2.05, 4.69) is 51.6 Å². The summed E-state index contributed by atoms with van der Waals surface area (Å²) in [5.74, 6) is -1.21. The monoisotopic (exact) mass is 417 g/mol. The lowest BCUT2D eigenvalue weighted by atomic mass is 10.0. The number of aromatic carboxylic acids is 1. The number of H-pyrrole nitrogens is 1. The molecule has 1 saturated heterocycles. The number of carbonyl (C=O) groups is 1. The summed E-state index contributed by atoms with van der Waals surface area (Å²) in [4.78, 5) is 28.5. The number of pyridine rings is 1. The van der Waals surface area contributed by atoms with E-state index in [1.54, 1.807) is 0 Å². The van der Waals surface area contributed by atoms with E-state index < -0.39 is 11.5 Å². The summed E-state index contributed by atoms with van der Waals surface area (Å²) in [6.45, 7) is 4.77. The SMILES string of the molecule is CCc1cc(C(=O)O)c(=O)[nH]c1-c1ccc(N2CCC(NCc3ccccc3)C2)cc1. The highest BCUT2D eigenvalue weighted by molar-refractivity contribution is 5.88. The van der Waals surface area contributed by atoms with Crippen LogP contribution < -0.4 is 15.8 Å². The average molecular weight is 418 g/mol. The number of nitrogens with one attached hydrogen (secondary N) is 2. The van der Waals surface area contributed by atoms with E-state index in [0.29, 0.717) is 18.2 Å². The predicted octanol–water partition coefficient (Wildman–Crippen LogP) is 3.67. The van der Waals surface area contributed by atoms with Gasteiger partial charge in [-0.2, -0.15) is 0 Å². The molecule has 160 valence electrons. The van der Waals surface area contributed by atoms with Gasteiger partial charge >= 0.3 is 5.97 Å². The van der Waals surface area contributed by atoms with E-state index in [9.17, 15) is 14.7 Å². The number of rotatable bonds is 7. The molecular formula is C25H27N3O3. The fourth-order valence-corrected chi connectivity index (χ4v) is 4.13. The van der Waals surface area contributed by atoms with Crippen LogP contribution >= 0.6 is 0 Å². The second-order valence-electron chi connectivity index (χ2n) is 7.92. The summed E-state index contributed by atoms with van der Waals surface area (Å²) in [5.41, 5.74) is 4.03. The van der Waals surface area contributed by atoms with Gasteiger partial charge in [0, 0.05) is 31.4 Å². The van der Waals surface area contributed by atoms with Crippen molar-refractivity contribution in [2.24, 2.45) is 0 Å². The first-order chi connectivity index (χ1) is 15.0. The Hall–Kier alpha value is -3.38. The molecule has 0 radical (unpaired) electrons. The van der Waals surface area contributed by atoms with Crippen molar-refractivity contribution in [1.82, 2.24) is 10.3 Å². The number of hydrogen-bond acceptors (Lipinski definition) is 4. The van der Waals surface area contributed by atoms with Gasteiger partial charge < -0.3 is 20.3 Å². The zero-order valence-electron chi connectivity index (χ0n) is 17.6. The van der Waals surface area contributed by atoms with Crippen molar-refractivity contribution in [1.29, 1.82) is 0 Å².